The Labute approximate surface area is 116 Å². The second-order valence-electron chi connectivity index (χ2n) is 5.49. The molecule has 1 aromatic heterocycles. The molecule has 2 bridgehead atoms. The lowest BCUT2D eigenvalue weighted by molar-refractivity contribution is 0.139. The first kappa shape index (κ1) is 12.4. The molecule has 5 heteroatoms. The highest BCUT2D eigenvalue weighted by Crippen LogP contribution is 2.37. The van der Waals surface area contributed by atoms with Crippen LogP contribution in [0.15, 0.2) is 17.0 Å². The summed E-state index contributed by atoms with van der Waals surface area (Å²) in [7, 11) is 2.28. The van der Waals surface area contributed by atoms with E-state index in [0.29, 0.717) is 0 Å². The Hall–Kier alpha value is -0.680. The topological polar surface area (TPSA) is 41.0 Å². The van der Waals surface area contributed by atoms with Gasteiger partial charge >= 0.3 is 0 Å². The Balaban J connectivity index is 1.57. The molecule has 2 aliphatic rings. The molecule has 2 atom stereocenters. The predicted octanol–water partition coefficient (Wildman–Crippen LogP) is 2.52. The summed E-state index contributed by atoms with van der Waals surface area (Å²) in [5.74, 6) is 1.69. The third-order valence-corrected chi connectivity index (χ3v) is 5.00. The summed E-state index contributed by atoms with van der Waals surface area (Å²) in [6, 6.07) is 1.62. The first-order chi connectivity index (χ1) is 8.74. The summed E-state index contributed by atoms with van der Waals surface area (Å²) >= 11 is 3.47. The number of halogens is 1. The first-order valence-electron chi connectivity index (χ1n) is 6.65. The van der Waals surface area contributed by atoms with Crippen molar-refractivity contribution < 1.29 is 0 Å². The maximum absolute atomic E-state index is 4.25. The van der Waals surface area contributed by atoms with E-state index in [2.05, 4.69) is 43.2 Å². The number of fused-ring (bicyclic) bond motifs is 2. The second-order valence-corrected chi connectivity index (χ2v) is 6.34. The van der Waals surface area contributed by atoms with Gasteiger partial charge in [-0.15, -0.1) is 0 Å². The largest absolute Gasteiger partial charge is 0.369 e. The van der Waals surface area contributed by atoms with E-state index in [-0.39, 0.29) is 0 Å². The molecule has 2 aliphatic heterocycles. The summed E-state index contributed by atoms with van der Waals surface area (Å²) in [5, 5.41) is 3.45. The van der Waals surface area contributed by atoms with E-state index in [4.69, 9.17) is 0 Å². The third-order valence-electron chi connectivity index (χ3n) is 4.42. The molecular formula is C13H19BrN4. The fraction of sp³-hybridized carbons (Fsp3) is 0.692. The lowest BCUT2D eigenvalue weighted by Crippen LogP contribution is -2.41. The average Bonchev–Trinajstić information content (AvgIpc) is 2.62. The van der Waals surface area contributed by atoms with Gasteiger partial charge in [0.2, 0.25) is 0 Å². The van der Waals surface area contributed by atoms with Crippen LogP contribution in [0, 0.1) is 5.92 Å². The minimum Gasteiger partial charge on any atom is -0.369 e. The lowest BCUT2D eigenvalue weighted by Gasteiger charge is -2.36. The van der Waals surface area contributed by atoms with E-state index in [1.54, 1.807) is 12.5 Å². The van der Waals surface area contributed by atoms with Crippen molar-refractivity contribution in [2.75, 3.05) is 18.9 Å². The molecule has 3 rings (SSSR count). The number of nitrogens with zero attached hydrogens (tertiary/aromatic N) is 3. The number of rotatable bonds is 3. The van der Waals surface area contributed by atoms with Crippen molar-refractivity contribution in [3.8, 4) is 0 Å². The van der Waals surface area contributed by atoms with Crippen molar-refractivity contribution in [1.82, 2.24) is 14.9 Å². The average molecular weight is 311 g/mol. The molecule has 0 aliphatic carbocycles. The normalized spacial score (nSPS) is 31.6. The molecule has 98 valence electrons. The van der Waals surface area contributed by atoms with E-state index in [0.717, 1.165) is 34.8 Å². The fourth-order valence-corrected chi connectivity index (χ4v) is 3.74. The van der Waals surface area contributed by atoms with Crippen LogP contribution >= 0.6 is 15.9 Å². The maximum atomic E-state index is 4.25. The van der Waals surface area contributed by atoms with E-state index >= 15 is 0 Å². The van der Waals surface area contributed by atoms with Crippen molar-refractivity contribution in [1.29, 1.82) is 0 Å². The predicted molar refractivity (Wildman–Crippen MR) is 75.5 cm³/mol. The number of hydrogen-bond acceptors (Lipinski definition) is 4. The van der Waals surface area contributed by atoms with E-state index in [9.17, 15) is 0 Å². The van der Waals surface area contributed by atoms with Crippen molar-refractivity contribution >= 4 is 21.7 Å². The van der Waals surface area contributed by atoms with Crippen LogP contribution in [-0.2, 0) is 0 Å². The van der Waals surface area contributed by atoms with Gasteiger partial charge in [-0.3, -0.25) is 0 Å². The summed E-state index contributed by atoms with van der Waals surface area (Å²) in [6.07, 6.45) is 8.79. The summed E-state index contributed by atoms with van der Waals surface area (Å²) in [4.78, 5) is 10.8. The molecule has 0 aromatic carbocycles. The Morgan fingerprint density at radius 3 is 2.78 bits per heavy atom. The minimum absolute atomic E-state index is 0.778. The van der Waals surface area contributed by atoms with Crippen LogP contribution in [0.25, 0.3) is 0 Å². The number of aromatic nitrogens is 2. The molecule has 0 radical (unpaired) electrons. The van der Waals surface area contributed by atoms with Gasteiger partial charge in [0.05, 0.1) is 4.47 Å². The van der Waals surface area contributed by atoms with Gasteiger partial charge < -0.3 is 10.2 Å². The fourth-order valence-electron chi connectivity index (χ4n) is 3.37. The quantitative estimate of drug-likeness (QED) is 0.931. The van der Waals surface area contributed by atoms with Crippen LogP contribution < -0.4 is 5.32 Å². The Kier molecular flexibility index (Phi) is 3.52. The van der Waals surface area contributed by atoms with Gasteiger partial charge in [0.25, 0.3) is 0 Å². The summed E-state index contributed by atoms with van der Waals surface area (Å²) in [6.45, 7) is 1.02. The van der Waals surface area contributed by atoms with Gasteiger partial charge in [0.15, 0.2) is 0 Å². The molecule has 4 nitrogen and oxygen atoms in total. The van der Waals surface area contributed by atoms with Crippen molar-refractivity contribution in [2.45, 2.75) is 37.8 Å². The van der Waals surface area contributed by atoms with E-state index in [1.807, 2.05) is 0 Å². The molecule has 18 heavy (non-hydrogen) atoms. The number of hydrogen-bond donors (Lipinski definition) is 1. The van der Waals surface area contributed by atoms with Gasteiger partial charge in [-0.2, -0.15) is 0 Å². The number of nitrogens with one attached hydrogen (secondary N) is 1. The molecular weight excluding hydrogens is 292 g/mol. The smallest absolute Gasteiger partial charge is 0.143 e. The van der Waals surface area contributed by atoms with Gasteiger partial charge in [-0.25, -0.2) is 9.97 Å². The number of piperidine rings is 1. The standard InChI is InChI=1S/C13H19BrN4/c1-18-10-2-3-11(18)5-9(4-10)6-16-13-12(14)7-15-8-17-13/h7-11H,2-6H2,1H3,(H,15,16,17). The Morgan fingerprint density at radius 1 is 1.39 bits per heavy atom. The number of anilines is 1. The van der Waals surface area contributed by atoms with Crippen molar-refractivity contribution in [2.24, 2.45) is 5.92 Å². The summed E-state index contributed by atoms with van der Waals surface area (Å²) in [5.41, 5.74) is 0. The highest BCUT2D eigenvalue weighted by molar-refractivity contribution is 9.10. The van der Waals surface area contributed by atoms with E-state index in [1.165, 1.54) is 25.7 Å². The van der Waals surface area contributed by atoms with Crippen LogP contribution in [0.3, 0.4) is 0 Å². The molecule has 2 saturated heterocycles. The monoisotopic (exact) mass is 310 g/mol. The van der Waals surface area contributed by atoms with Crippen LogP contribution in [0.2, 0.25) is 0 Å². The second kappa shape index (κ2) is 5.13. The van der Waals surface area contributed by atoms with Crippen LogP contribution in [0.5, 0.6) is 0 Å². The Bertz CT molecular complexity index is 411. The van der Waals surface area contributed by atoms with Crippen LogP contribution in [-0.4, -0.2) is 40.5 Å². The van der Waals surface area contributed by atoms with Crippen molar-refractivity contribution in [3.05, 3.63) is 17.0 Å². The highest BCUT2D eigenvalue weighted by Gasteiger charge is 2.38. The van der Waals surface area contributed by atoms with Crippen molar-refractivity contribution in [3.63, 3.8) is 0 Å². The highest BCUT2D eigenvalue weighted by atomic mass is 79.9. The van der Waals surface area contributed by atoms with Gasteiger partial charge in [0.1, 0.15) is 12.1 Å². The van der Waals surface area contributed by atoms with Gasteiger partial charge in [-0.1, -0.05) is 0 Å². The maximum Gasteiger partial charge on any atom is 0.143 e. The van der Waals surface area contributed by atoms with Gasteiger partial charge in [-0.05, 0) is 54.6 Å². The molecule has 0 saturated carbocycles. The zero-order valence-electron chi connectivity index (χ0n) is 10.6. The zero-order valence-corrected chi connectivity index (χ0v) is 12.2. The lowest BCUT2D eigenvalue weighted by atomic mass is 9.91. The third kappa shape index (κ3) is 2.38. The van der Waals surface area contributed by atoms with Crippen LogP contribution in [0.4, 0.5) is 5.82 Å². The SMILES string of the molecule is CN1C2CCC1CC(CNc1ncncc1Br)C2. The summed E-state index contributed by atoms with van der Waals surface area (Å²) < 4.78 is 0.945. The molecule has 2 unspecified atom stereocenters. The zero-order chi connectivity index (χ0) is 12.5. The molecule has 3 heterocycles. The first-order valence-corrected chi connectivity index (χ1v) is 7.44. The Morgan fingerprint density at radius 2 is 2.11 bits per heavy atom. The molecule has 1 aromatic rings. The van der Waals surface area contributed by atoms with E-state index < -0.39 is 0 Å². The molecule has 2 fully saturated rings. The van der Waals surface area contributed by atoms with Gasteiger partial charge in [0, 0.05) is 24.8 Å². The minimum atomic E-state index is 0.778. The molecule has 0 amide bonds. The molecule has 0 spiro atoms. The molecule has 1 N–H and O–H groups in total. The van der Waals surface area contributed by atoms with Crippen LogP contribution in [0.1, 0.15) is 25.7 Å².